The molecule has 3 rings (SSSR count). The van der Waals surface area contributed by atoms with Gasteiger partial charge in [0.15, 0.2) is 5.78 Å². The summed E-state index contributed by atoms with van der Waals surface area (Å²) in [6.07, 6.45) is 2.33. The molecule has 0 spiro atoms. The highest BCUT2D eigenvalue weighted by Gasteiger charge is 2.15. The molecule has 0 saturated carbocycles. The minimum absolute atomic E-state index is 0.0567. The summed E-state index contributed by atoms with van der Waals surface area (Å²) in [5.74, 6) is 0.626. The number of ketones is 1. The molecule has 2 aromatic heterocycles. The Morgan fingerprint density at radius 3 is 2.56 bits per heavy atom. The van der Waals surface area contributed by atoms with Gasteiger partial charge in [-0.1, -0.05) is 34.5 Å². The summed E-state index contributed by atoms with van der Waals surface area (Å²) in [5, 5.41) is 4.41. The number of carbonyl (C=O) groups excluding carboxylic acids is 1. The first-order valence-electron chi connectivity index (χ1n) is 8.13. The molecule has 0 bridgehead atoms. The van der Waals surface area contributed by atoms with E-state index in [9.17, 15) is 4.79 Å². The predicted molar refractivity (Wildman–Crippen MR) is 98.0 cm³/mol. The Hall–Kier alpha value is -2.46. The number of rotatable bonds is 5. The molecule has 0 atom stereocenters. The predicted octanol–water partition coefficient (Wildman–Crippen LogP) is 5.13. The Labute approximate surface area is 151 Å². The zero-order chi connectivity index (χ0) is 18.0. The molecule has 0 saturated heterocycles. The van der Waals surface area contributed by atoms with Crippen molar-refractivity contribution in [2.24, 2.45) is 0 Å². The lowest BCUT2D eigenvalue weighted by Gasteiger charge is -2.07. The van der Waals surface area contributed by atoms with Gasteiger partial charge in [0.1, 0.15) is 16.6 Å². The highest BCUT2D eigenvalue weighted by molar-refractivity contribution is 6.32. The molecule has 0 aliphatic rings. The molecule has 2 heterocycles. The van der Waals surface area contributed by atoms with Crippen LogP contribution in [0.4, 0.5) is 0 Å². The number of hydrogen-bond acceptors (Lipinski definition) is 4. The van der Waals surface area contributed by atoms with Gasteiger partial charge in [0.25, 0.3) is 0 Å². The fourth-order valence-corrected chi connectivity index (χ4v) is 3.32. The van der Waals surface area contributed by atoms with Gasteiger partial charge in [0.2, 0.25) is 0 Å². The highest BCUT2D eigenvalue weighted by Crippen LogP contribution is 2.28. The molecular formula is C20H19ClN2O2. The van der Waals surface area contributed by atoms with E-state index in [0.717, 1.165) is 22.4 Å². The Morgan fingerprint density at radius 2 is 1.88 bits per heavy atom. The Balaban J connectivity index is 1.75. The third-order valence-corrected chi connectivity index (χ3v) is 4.45. The normalized spacial score (nSPS) is 10.9. The topological polar surface area (TPSA) is 56.0 Å². The molecule has 0 unspecified atom stereocenters. The van der Waals surface area contributed by atoms with Crippen molar-refractivity contribution in [1.29, 1.82) is 0 Å². The SMILES string of the molecule is Cc1cc(C)c(-c2cc(CCC(=O)c3cccnc3Cl)on2)c(C)c1. The van der Waals surface area contributed by atoms with Gasteiger partial charge in [-0.15, -0.1) is 0 Å². The summed E-state index contributed by atoms with van der Waals surface area (Å²) in [5.41, 5.74) is 5.88. The number of aryl methyl sites for hydroxylation is 4. The smallest absolute Gasteiger partial charge is 0.166 e. The lowest BCUT2D eigenvalue weighted by Crippen LogP contribution is -2.02. The molecule has 3 aromatic rings. The van der Waals surface area contributed by atoms with E-state index in [1.165, 1.54) is 5.56 Å². The van der Waals surface area contributed by atoms with Gasteiger partial charge in [-0.25, -0.2) is 4.98 Å². The molecular weight excluding hydrogens is 336 g/mol. The van der Waals surface area contributed by atoms with Gasteiger partial charge in [-0.2, -0.15) is 0 Å². The number of benzene rings is 1. The lowest BCUT2D eigenvalue weighted by molar-refractivity contribution is 0.0980. The zero-order valence-electron chi connectivity index (χ0n) is 14.5. The first-order chi connectivity index (χ1) is 12.0. The van der Waals surface area contributed by atoms with Crippen LogP contribution in [0.25, 0.3) is 11.3 Å². The minimum atomic E-state index is -0.0567. The van der Waals surface area contributed by atoms with Gasteiger partial charge in [0.05, 0.1) is 5.56 Å². The van der Waals surface area contributed by atoms with Gasteiger partial charge in [-0.3, -0.25) is 4.79 Å². The van der Waals surface area contributed by atoms with Crippen molar-refractivity contribution in [3.63, 3.8) is 0 Å². The van der Waals surface area contributed by atoms with E-state index < -0.39 is 0 Å². The fraction of sp³-hybridized carbons (Fsp3) is 0.250. The third kappa shape index (κ3) is 3.80. The maximum Gasteiger partial charge on any atom is 0.166 e. The third-order valence-electron chi connectivity index (χ3n) is 4.15. The molecule has 0 amide bonds. The molecule has 128 valence electrons. The monoisotopic (exact) mass is 354 g/mol. The molecule has 25 heavy (non-hydrogen) atoms. The van der Waals surface area contributed by atoms with Gasteiger partial charge < -0.3 is 4.52 Å². The van der Waals surface area contributed by atoms with Crippen LogP contribution < -0.4 is 0 Å². The van der Waals surface area contributed by atoms with Crippen molar-refractivity contribution >= 4 is 17.4 Å². The highest BCUT2D eigenvalue weighted by atomic mass is 35.5. The average Bonchev–Trinajstić information content (AvgIpc) is 3.00. The largest absolute Gasteiger partial charge is 0.361 e. The van der Waals surface area contributed by atoms with Crippen LogP contribution in [0.15, 0.2) is 41.1 Å². The maximum atomic E-state index is 12.3. The number of Topliss-reactive ketones (excluding diaryl/α,β-unsaturated/α-hetero) is 1. The van der Waals surface area contributed by atoms with Gasteiger partial charge in [0, 0.05) is 30.7 Å². The number of halogens is 1. The standard InChI is InChI=1S/C20H19ClN2O2/c1-12-9-13(2)19(14(3)10-12)17-11-15(25-23-17)6-7-18(24)16-5-4-8-22-20(16)21/h4-5,8-11H,6-7H2,1-3H3. The number of carbonyl (C=O) groups is 1. The molecule has 0 fully saturated rings. The van der Waals surface area contributed by atoms with Crippen LogP contribution in [0.2, 0.25) is 5.15 Å². The number of hydrogen-bond donors (Lipinski definition) is 0. The minimum Gasteiger partial charge on any atom is -0.361 e. The molecule has 5 heteroatoms. The second kappa shape index (κ2) is 7.19. The van der Waals surface area contributed by atoms with Crippen LogP contribution in [0.5, 0.6) is 0 Å². The van der Waals surface area contributed by atoms with E-state index in [1.807, 2.05) is 6.07 Å². The molecule has 0 aliphatic carbocycles. The van der Waals surface area contributed by atoms with Crippen molar-refractivity contribution in [2.45, 2.75) is 33.6 Å². The van der Waals surface area contributed by atoms with Crippen LogP contribution in [0.1, 0.15) is 39.2 Å². The lowest BCUT2D eigenvalue weighted by atomic mass is 9.97. The summed E-state index contributed by atoms with van der Waals surface area (Å²) < 4.78 is 5.42. The van der Waals surface area contributed by atoms with Crippen LogP contribution in [0, 0.1) is 20.8 Å². The van der Waals surface area contributed by atoms with Crippen LogP contribution in [0.3, 0.4) is 0 Å². The zero-order valence-corrected chi connectivity index (χ0v) is 15.2. The number of pyridine rings is 1. The van der Waals surface area contributed by atoms with Crippen molar-refractivity contribution in [2.75, 3.05) is 0 Å². The molecule has 0 aliphatic heterocycles. The van der Waals surface area contributed by atoms with Crippen molar-refractivity contribution < 1.29 is 9.32 Å². The summed E-state index contributed by atoms with van der Waals surface area (Å²) in [7, 11) is 0. The fourth-order valence-electron chi connectivity index (χ4n) is 3.10. The van der Waals surface area contributed by atoms with Crippen molar-refractivity contribution in [3.8, 4) is 11.3 Å². The molecule has 0 N–H and O–H groups in total. The summed E-state index contributed by atoms with van der Waals surface area (Å²) in [4.78, 5) is 16.2. The summed E-state index contributed by atoms with van der Waals surface area (Å²) >= 11 is 5.96. The Kier molecular flexibility index (Phi) is 5.00. The van der Waals surface area contributed by atoms with E-state index >= 15 is 0 Å². The second-order valence-corrected chi connectivity index (χ2v) is 6.58. The Bertz CT molecular complexity index is 908. The van der Waals surface area contributed by atoms with Crippen molar-refractivity contribution in [3.05, 3.63) is 69.7 Å². The first kappa shape index (κ1) is 17.4. The van der Waals surface area contributed by atoms with Gasteiger partial charge in [-0.05, 0) is 44.0 Å². The molecule has 0 radical (unpaired) electrons. The van der Waals surface area contributed by atoms with E-state index in [2.05, 4.69) is 43.0 Å². The number of aromatic nitrogens is 2. The summed E-state index contributed by atoms with van der Waals surface area (Å²) in [6, 6.07) is 9.55. The maximum absolute atomic E-state index is 12.3. The van der Waals surface area contributed by atoms with E-state index in [4.69, 9.17) is 16.1 Å². The van der Waals surface area contributed by atoms with Crippen molar-refractivity contribution in [1.82, 2.24) is 10.1 Å². The summed E-state index contributed by atoms with van der Waals surface area (Å²) in [6.45, 7) is 6.21. The van der Waals surface area contributed by atoms with Crippen LogP contribution in [-0.2, 0) is 6.42 Å². The first-order valence-corrected chi connectivity index (χ1v) is 8.51. The number of nitrogens with zero attached hydrogens (tertiary/aromatic N) is 2. The van der Waals surface area contributed by atoms with E-state index in [1.54, 1.807) is 18.3 Å². The quantitative estimate of drug-likeness (QED) is 0.470. The molecule has 4 nitrogen and oxygen atoms in total. The second-order valence-electron chi connectivity index (χ2n) is 6.22. The van der Waals surface area contributed by atoms with Crippen LogP contribution >= 0.6 is 11.6 Å². The van der Waals surface area contributed by atoms with Crippen LogP contribution in [-0.4, -0.2) is 15.9 Å². The van der Waals surface area contributed by atoms with E-state index in [0.29, 0.717) is 24.2 Å². The average molecular weight is 355 g/mol. The molecule has 1 aromatic carbocycles. The van der Waals surface area contributed by atoms with Gasteiger partial charge >= 0.3 is 0 Å². The Morgan fingerprint density at radius 1 is 1.16 bits per heavy atom. The van der Waals surface area contributed by atoms with E-state index in [-0.39, 0.29) is 10.9 Å².